The van der Waals surface area contributed by atoms with Crippen molar-refractivity contribution in [2.24, 2.45) is 28.6 Å². The number of carbonyl (C=O) groups excluding carboxylic acids is 2. The van der Waals surface area contributed by atoms with Gasteiger partial charge in [0.15, 0.2) is 0 Å². The van der Waals surface area contributed by atoms with Gasteiger partial charge >= 0.3 is 0 Å². The molecular weight excluding hydrogens is 454 g/mol. The van der Waals surface area contributed by atoms with Crippen LogP contribution in [0.1, 0.15) is 62.9 Å². The molecule has 1 aromatic rings. The van der Waals surface area contributed by atoms with Gasteiger partial charge in [-0.1, -0.05) is 19.9 Å². The molecule has 0 spiro atoms. The molecule has 3 aliphatic carbocycles. The standard InChI is InChI=1S/C25H32BrN3O2/c1-24-12-10-17-15(6-9-20-25(17,2)13-11-21(30)29(20)3)16(24)7-8-19(24)28-23(31)22-18(26)5-4-14-27-22/h4-5,11,13-17,19-20H,6-10,12H2,1-3H3,(H,28,31)/t15-,16-,17-,19-,20+,24-,25+/m0/s1. The maximum Gasteiger partial charge on any atom is 0.271 e. The highest BCUT2D eigenvalue weighted by Gasteiger charge is 2.60. The van der Waals surface area contributed by atoms with Crippen molar-refractivity contribution < 1.29 is 9.59 Å². The summed E-state index contributed by atoms with van der Waals surface area (Å²) in [5, 5.41) is 3.35. The van der Waals surface area contributed by atoms with Gasteiger partial charge in [-0.05, 0) is 95.8 Å². The Bertz CT molecular complexity index is 948. The van der Waals surface area contributed by atoms with Gasteiger partial charge in [0.1, 0.15) is 5.69 Å². The minimum atomic E-state index is -0.0764. The third kappa shape index (κ3) is 3.12. The highest BCUT2D eigenvalue weighted by molar-refractivity contribution is 9.10. The first-order chi connectivity index (χ1) is 14.8. The zero-order valence-corrected chi connectivity index (χ0v) is 20.2. The average molecular weight is 486 g/mol. The van der Waals surface area contributed by atoms with Crippen LogP contribution in [0.5, 0.6) is 0 Å². The summed E-state index contributed by atoms with van der Waals surface area (Å²) >= 11 is 3.46. The molecule has 3 fully saturated rings. The van der Waals surface area contributed by atoms with E-state index in [1.165, 1.54) is 12.8 Å². The van der Waals surface area contributed by atoms with Gasteiger partial charge in [-0.25, -0.2) is 4.98 Å². The number of pyridine rings is 1. The summed E-state index contributed by atoms with van der Waals surface area (Å²) in [5.74, 6) is 1.96. The lowest BCUT2D eigenvalue weighted by Crippen LogP contribution is -2.60. The van der Waals surface area contributed by atoms with Crippen molar-refractivity contribution >= 4 is 27.7 Å². The Kier molecular flexibility index (Phi) is 5.07. The number of likely N-dealkylation sites (N-methyl/N-ethyl adjacent to an activating group) is 1. The second kappa shape index (κ2) is 7.43. The highest BCUT2D eigenvalue weighted by Crippen LogP contribution is 2.63. The number of aromatic nitrogens is 1. The van der Waals surface area contributed by atoms with Crippen molar-refractivity contribution in [2.75, 3.05) is 7.05 Å². The van der Waals surface area contributed by atoms with Gasteiger partial charge in [0.05, 0.1) is 0 Å². The predicted molar refractivity (Wildman–Crippen MR) is 123 cm³/mol. The van der Waals surface area contributed by atoms with Crippen molar-refractivity contribution in [1.29, 1.82) is 0 Å². The van der Waals surface area contributed by atoms with Crippen LogP contribution in [0.3, 0.4) is 0 Å². The average Bonchev–Trinajstić information content (AvgIpc) is 3.07. The lowest BCUT2D eigenvalue weighted by atomic mass is 9.48. The number of hydrogen-bond acceptors (Lipinski definition) is 3. The Morgan fingerprint density at radius 3 is 2.77 bits per heavy atom. The molecule has 1 aromatic heterocycles. The molecule has 7 atom stereocenters. The first kappa shape index (κ1) is 21.2. The SMILES string of the molecule is CN1C(=O)C=C[C@]2(C)[C@H]3CC[C@]4(C)[C@@H](NC(=O)c5ncccc5Br)CC[C@H]4[C@@H]3CC[C@@H]12. The molecule has 5 rings (SSSR count). The number of hydrogen-bond donors (Lipinski definition) is 1. The summed E-state index contributed by atoms with van der Waals surface area (Å²) < 4.78 is 0.741. The summed E-state index contributed by atoms with van der Waals surface area (Å²) in [6.45, 7) is 4.78. The second-order valence-corrected chi connectivity index (χ2v) is 11.5. The molecule has 0 bridgehead atoms. The summed E-state index contributed by atoms with van der Waals surface area (Å²) in [7, 11) is 1.97. The molecular formula is C25H32BrN3O2. The van der Waals surface area contributed by atoms with Gasteiger partial charge in [0, 0.05) is 35.2 Å². The van der Waals surface area contributed by atoms with E-state index in [9.17, 15) is 9.59 Å². The van der Waals surface area contributed by atoms with Crippen LogP contribution >= 0.6 is 15.9 Å². The third-order valence-electron chi connectivity index (χ3n) is 9.41. The first-order valence-electron chi connectivity index (χ1n) is 11.6. The molecule has 0 radical (unpaired) electrons. The number of amides is 2. The van der Waals surface area contributed by atoms with Crippen LogP contribution in [0.4, 0.5) is 0 Å². The number of nitrogens with one attached hydrogen (secondary N) is 1. The molecule has 0 saturated heterocycles. The Labute approximate surface area is 193 Å². The Morgan fingerprint density at radius 2 is 2.00 bits per heavy atom. The maximum atomic E-state index is 13.0. The number of carbonyl (C=O) groups is 2. The van der Waals surface area contributed by atoms with Crippen molar-refractivity contribution in [1.82, 2.24) is 15.2 Å². The van der Waals surface area contributed by atoms with E-state index in [2.05, 4.69) is 46.2 Å². The lowest BCUT2D eigenvalue weighted by Gasteiger charge is -2.60. The Balaban J connectivity index is 1.37. The van der Waals surface area contributed by atoms with Gasteiger partial charge in [-0.15, -0.1) is 0 Å². The van der Waals surface area contributed by atoms with E-state index in [4.69, 9.17) is 0 Å². The normalized spacial score (nSPS) is 41.4. The molecule has 2 heterocycles. The minimum Gasteiger partial charge on any atom is -0.347 e. The number of fused-ring (bicyclic) bond motifs is 5. The fraction of sp³-hybridized carbons (Fsp3) is 0.640. The summed E-state index contributed by atoms with van der Waals surface area (Å²) in [6.07, 6.45) is 12.5. The molecule has 1 aliphatic heterocycles. The fourth-order valence-electron chi connectivity index (χ4n) is 7.75. The molecule has 2 amide bonds. The lowest BCUT2D eigenvalue weighted by molar-refractivity contribution is -0.138. The maximum absolute atomic E-state index is 13.0. The molecule has 0 unspecified atom stereocenters. The third-order valence-corrected chi connectivity index (χ3v) is 10.0. The van der Waals surface area contributed by atoms with Crippen molar-refractivity contribution in [3.8, 4) is 0 Å². The van der Waals surface area contributed by atoms with Gasteiger partial charge in [0.2, 0.25) is 5.91 Å². The summed E-state index contributed by atoms with van der Waals surface area (Å²) in [6, 6.07) is 4.20. The van der Waals surface area contributed by atoms with E-state index in [-0.39, 0.29) is 28.7 Å². The smallest absolute Gasteiger partial charge is 0.271 e. The number of nitrogens with zero attached hydrogens (tertiary/aromatic N) is 2. The Hall–Kier alpha value is -1.69. The minimum absolute atomic E-state index is 0.0626. The van der Waals surface area contributed by atoms with E-state index in [0.717, 1.165) is 30.2 Å². The highest BCUT2D eigenvalue weighted by atomic mass is 79.9. The van der Waals surface area contributed by atoms with Crippen LogP contribution < -0.4 is 5.32 Å². The summed E-state index contributed by atoms with van der Waals surface area (Å²) in [5.41, 5.74) is 0.658. The van der Waals surface area contributed by atoms with Gasteiger partial charge in [-0.3, -0.25) is 9.59 Å². The molecule has 5 nitrogen and oxygen atoms in total. The van der Waals surface area contributed by atoms with Crippen molar-refractivity contribution in [2.45, 2.75) is 64.5 Å². The van der Waals surface area contributed by atoms with Gasteiger partial charge in [-0.2, -0.15) is 0 Å². The van der Waals surface area contributed by atoms with Crippen LogP contribution in [-0.2, 0) is 4.79 Å². The van der Waals surface area contributed by atoms with Crippen molar-refractivity contribution in [3.05, 3.63) is 40.6 Å². The second-order valence-electron chi connectivity index (χ2n) is 10.6. The quantitative estimate of drug-likeness (QED) is 0.666. The van der Waals surface area contributed by atoms with E-state index < -0.39 is 0 Å². The van der Waals surface area contributed by atoms with Gasteiger partial charge < -0.3 is 10.2 Å². The zero-order valence-electron chi connectivity index (χ0n) is 18.6. The summed E-state index contributed by atoms with van der Waals surface area (Å²) in [4.78, 5) is 31.5. The van der Waals surface area contributed by atoms with Crippen LogP contribution in [0.15, 0.2) is 35.0 Å². The number of halogens is 1. The largest absolute Gasteiger partial charge is 0.347 e. The van der Waals surface area contributed by atoms with Crippen LogP contribution in [0.25, 0.3) is 0 Å². The van der Waals surface area contributed by atoms with Crippen LogP contribution in [0, 0.1) is 28.6 Å². The first-order valence-corrected chi connectivity index (χ1v) is 12.4. The predicted octanol–water partition coefficient (Wildman–Crippen LogP) is 4.58. The zero-order chi connectivity index (χ0) is 22.0. The van der Waals surface area contributed by atoms with E-state index in [0.29, 0.717) is 29.5 Å². The fourth-order valence-corrected chi connectivity index (χ4v) is 8.19. The van der Waals surface area contributed by atoms with E-state index in [1.807, 2.05) is 24.1 Å². The van der Waals surface area contributed by atoms with Gasteiger partial charge in [0.25, 0.3) is 5.91 Å². The molecule has 1 N–H and O–H groups in total. The van der Waals surface area contributed by atoms with Crippen LogP contribution in [0.2, 0.25) is 0 Å². The molecule has 166 valence electrons. The monoisotopic (exact) mass is 485 g/mol. The van der Waals surface area contributed by atoms with E-state index in [1.54, 1.807) is 12.3 Å². The molecule has 6 heteroatoms. The molecule has 4 aliphatic rings. The van der Waals surface area contributed by atoms with Crippen molar-refractivity contribution in [3.63, 3.8) is 0 Å². The topological polar surface area (TPSA) is 62.3 Å². The van der Waals surface area contributed by atoms with E-state index >= 15 is 0 Å². The van der Waals surface area contributed by atoms with Crippen LogP contribution in [-0.4, -0.2) is 40.8 Å². The number of rotatable bonds is 2. The molecule has 3 saturated carbocycles. The Morgan fingerprint density at radius 1 is 1.19 bits per heavy atom. The molecule has 31 heavy (non-hydrogen) atoms. The molecule has 0 aromatic carbocycles.